The fraction of sp³-hybridized carbons (Fsp3) is 0.263. The van der Waals surface area contributed by atoms with E-state index in [0.717, 1.165) is 46.6 Å². The molecule has 2 heterocycles. The third-order valence-electron chi connectivity index (χ3n) is 4.21. The minimum absolute atomic E-state index is 0.539. The Kier molecular flexibility index (Phi) is 4.84. The molecule has 2 aromatic rings. The van der Waals surface area contributed by atoms with Crippen molar-refractivity contribution in [1.82, 2.24) is 10.3 Å². The molecule has 0 saturated heterocycles. The molecule has 1 aromatic carbocycles. The number of halogens is 1. The fourth-order valence-corrected chi connectivity index (χ4v) is 3.14. The van der Waals surface area contributed by atoms with E-state index in [1.165, 1.54) is 0 Å². The van der Waals surface area contributed by atoms with Crippen LogP contribution in [0.25, 0.3) is 5.57 Å². The molecule has 0 saturated carbocycles. The average Bonchev–Trinajstić information content (AvgIpc) is 2.56. The summed E-state index contributed by atoms with van der Waals surface area (Å²) in [4.78, 5) is 4.06. The van der Waals surface area contributed by atoms with E-state index >= 15 is 0 Å². The van der Waals surface area contributed by atoms with E-state index in [-0.39, 0.29) is 0 Å². The van der Waals surface area contributed by atoms with Gasteiger partial charge in [0, 0.05) is 17.8 Å². The van der Waals surface area contributed by atoms with Gasteiger partial charge in [-0.25, -0.2) is 0 Å². The van der Waals surface area contributed by atoms with E-state index in [0.29, 0.717) is 17.3 Å². The van der Waals surface area contributed by atoms with Crippen molar-refractivity contribution < 1.29 is 4.74 Å². The summed E-state index contributed by atoms with van der Waals surface area (Å²) in [7, 11) is 0. The molecule has 1 aliphatic rings. The largest absolute Gasteiger partial charge is 0.458 e. The molecule has 0 radical (unpaired) electrons. The number of nitrogens with zero attached hydrogens (tertiary/aromatic N) is 2. The van der Waals surface area contributed by atoms with E-state index in [9.17, 15) is 5.26 Å². The van der Waals surface area contributed by atoms with Crippen molar-refractivity contribution >= 4 is 17.2 Å². The Balaban J connectivity index is 2.06. The monoisotopic (exact) mass is 339 g/mol. The second-order valence-corrected chi connectivity index (χ2v) is 6.25. The van der Waals surface area contributed by atoms with E-state index in [1.54, 1.807) is 18.5 Å². The van der Waals surface area contributed by atoms with Crippen molar-refractivity contribution in [2.75, 3.05) is 13.1 Å². The molecule has 1 N–H and O–H groups in total. The molecule has 0 spiro atoms. The molecular weight excluding hydrogens is 322 g/mol. The van der Waals surface area contributed by atoms with Gasteiger partial charge in [-0.1, -0.05) is 23.7 Å². The highest BCUT2D eigenvalue weighted by Gasteiger charge is 2.19. The zero-order valence-corrected chi connectivity index (χ0v) is 14.4. The predicted molar refractivity (Wildman–Crippen MR) is 94.9 cm³/mol. The first-order valence-corrected chi connectivity index (χ1v) is 8.19. The first-order valence-electron chi connectivity index (χ1n) is 7.82. The van der Waals surface area contributed by atoms with Crippen LogP contribution in [0.1, 0.15) is 28.7 Å². The van der Waals surface area contributed by atoms with Crippen molar-refractivity contribution in [3.05, 3.63) is 63.6 Å². The normalized spacial score (nSPS) is 14.4. The molecule has 0 fully saturated rings. The van der Waals surface area contributed by atoms with E-state index < -0.39 is 0 Å². The number of hydrogen-bond acceptors (Lipinski definition) is 4. The molecule has 0 unspecified atom stereocenters. The van der Waals surface area contributed by atoms with Crippen LogP contribution in [0.4, 0.5) is 0 Å². The average molecular weight is 340 g/mol. The summed E-state index contributed by atoms with van der Waals surface area (Å²) in [6, 6.07) is 8.12. The quantitative estimate of drug-likeness (QED) is 0.918. The minimum Gasteiger partial charge on any atom is -0.458 e. The number of ether oxygens (including phenoxy) is 1. The Bertz CT molecular complexity index is 852. The second-order valence-electron chi connectivity index (χ2n) is 5.81. The van der Waals surface area contributed by atoms with Crippen LogP contribution in [0, 0.1) is 25.2 Å². The molecule has 0 aliphatic carbocycles. The third-order valence-corrected chi connectivity index (χ3v) is 4.41. The highest BCUT2D eigenvalue weighted by molar-refractivity contribution is 6.30. The summed E-state index contributed by atoms with van der Waals surface area (Å²) in [5.74, 6) is 1.46. The zero-order valence-electron chi connectivity index (χ0n) is 13.7. The maximum Gasteiger partial charge on any atom is 0.146 e. The van der Waals surface area contributed by atoms with Crippen molar-refractivity contribution in [1.29, 1.82) is 5.26 Å². The number of aryl methyl sites for hydroxylation is 1. The summed E-state index contributed by atoms with van der Waals surface area (Å²) >= 11 is 5.99. The molecule has 0 amide bonds. The van der Waals surface area contributed by atoms with Crippen LogP contribution in [0.15, 0.2) is 36.4 Å². The van der Waals surface area contributed by atoms with Crippen LogP contribution in [0.5, 0.6) is 5.75 Å². The highest BCUT2D eigenvalue weighted by atomic mass is 35.5. The second kappa shape index (κ2) is 7.04. The third kappa shape index (κ3) is 3.28. The maximum absolute atomic E-state index is 9.42. The number of rotatable bonds is 3. The molecule has 0 atom stereocenters. The smallest absolute Gasteiger partial charge is 0.146 e. The molecule has 1 aromatic heterocycles. The van der Waals surface area contributed by atoms with Gasteiger partial charge in [-0.3, -0.25) is 4.98 Å². The fourth-order valence-electron chi connectivity index (χ4n) is 2.98. The van der Waals surface area contributed by atoms with Crippen molar-refractivity contribution in [2.24, 2.45) is 0 Å². The Morgan fingerprint density at radius 2 is 2.12 bits per heavy atom. The summed E-state index contributed by atoms with van der Waals surface area (Å²) < 4.78 is 6.05. The lowest BCUT2D eigenvalue weighted by Crippen LogP contribution is -2.27. The van der Waals surface area contributed by atoms with E-state index in [4.69, 9.17) is 16.3 Å². The Morgan fingerprint density at radius 1 is 1.29 bits per heavy atom. The van der Waals surface area contributed by atoms with Gasteiger partial charge in [-0.05, 0) is 43.5 Å². The lowest BCUT2D eigenvalue weighted by atomic mass is 9.90. The number of nitriles is 1. The van der Waals surface area contributed by atoms with Crippen molar-refractivity contribution in [3.63, 3.8) is 0 Å². The van der Waals surface area contributed by atoms with Crippen LogP contribution < -0.4 is 10.1 Å². The SMILES string of the molecule is Cc1ccc(C2=C(Oc3cncc(Cl)c3)CNCC2)c(C)c1C#N. The first kappa shape index (κ1) is 16.5. The van der Waals surface area contributed by atoms with Gasteiger partial charge in [0.1, 0.15) is 11.5 Å². The number of pyridine rings is 1. The molecule has 1 aliphatic heterocycles. The number of benzene rings is 1. The van der Waals surface area contributed by atoms with Gasteiger partial charge in [0.2, 0.25) is 0 Å². The van der Waals surface area contributed by atoms with E-state index in [2.05, 4.69) is 22.4 Å². The van der Waals surface area contributed by atoms with Gasteiger partial charge in [-0.2, -0.15) is 5.26 Å². The van der Waals surface area contributed by atoms with Crippen LogP contribution in [0.2, 0.25) is 5.02 Å². The first-order chi connectivity index (χ1) is 11.6. The Morgan fingerprint density at radius 3 is 2.88 bits per heavy atom. The van der Waals surface area contributed by atoms with Crippen LogP contribution in [-0.2, 0) is 0 Å². The Labute approximate surface area is 146 Å². The molecule has 0 bridgehead atoms. The van der Waals surface area contributed by atoms with Crippen molar-refractivity contribution in [2.45, 2.75) is 20.3 Å². The van der Waals surface area contributed by atoms with Gasteiger partial charge in [0.05, 0.1) is 29.4 Å². The van der Waals surface area contributed by atoms with Gasteiger partial charge in [0.25, 0.3) is 0 Å². The lowest BCUT2D eigenvalue weighted by molar-refractivity contribution is 0.395. The zero-order chi connectivity index (χ0) is 17.1. The standard InChI is InChI=1S/C19H18ClN3O/c1-12-3-4-16(13(2)18(12)8-21)17-5-6-22-11-19(17)24-15-7-14(20)9-23-10-15/h3-4,7,9-10,22H,5-6,11H2,1-2H3. The summed E-state index contributed by atoms with van der Waals surface area (Å²) in [6.45, 7) is 5.47. The van der Waals surface area contributed by atoms with Crippen LogP contribution in [-0.4, -0.2) is 18.1 Å². The molecule has 24 heavy (non-hydrogen) atoms. The summed E-state index contributed by atoms with van der Waals surface area (Å²) in [5.41, 5.74) is 4.93. The van der Waals surface area contributed by atoms with E-state index in [1.807, 2.05) is 19.9 Å². The molecule has 3 rings (SSSR count). The highest BCUT2D eigenvalue weighted by Crippen LogP contribution is 2.31. The van der Waals surface area contributed by atoms with Gasteiger partial charge in [-0.15, -0.1) is 0 Å². The number of aromatic nitrogens is 1. The van der Waals surface area contributed by atoms with Gasteiger partial charge < -0.3 is 10.1 Å². The molecular formula is C19H18ClN3O. The minimum atomic E-state index is 0.539. The van der Waals surface area contributed by atoms with Crippen LogP contribution >= 0.6 is 11.6 Å². The van der Waals surface area contributed by atoms with Crippen molar-refractivity contribution in [3.8, 4) is 11.8 Å². The van der Waals surface area contributed by atoms with Gasteiger partial charge in [0.15, 0.2) is 0 Å². The molecule has 5 heteroatoms. The summed E-state index contributed by atoms with van der Waals surface area (Å²) in [6.07, 6.45) is 4.07. The Hall–Kier alpha value is -2.35. The van der Waals surface area contributed by atoms with Gasteiger partial charge >= 0.3 is 0 Å². The topological polar surface area (TPSA) is 57.9 Å². The molecule has 122 valence electrons. The maximum atomic E-state index is 9.42. The lowest BCUT2D eigenvalue weighted by Gasteiger charge is -2.23. The number of hydrogen-bond donors (Lipinski definition) is 1. The summed E-state index contributed by atoms with van der Waals surface area (Å²) in [5, 5.41) is 13.3. The molecule has 4 nitrogen and oxygen atoms in total. The predicted octanol–water partition coefficient (Wildman–Crippen LogP) is 4.01. The van der Waals surface area contributed by atoms with Crippen LogP contribution in [0.3, 0.4) is 0 Å². The number of nitrogens with one attached hydrogen (secondary N) is 1.